The Hall–Kier alpha value is -2.72. The number of carbonyl (C=O) groups excluding carboxylic acids is 4. The number of aliphatic hydroxyl groups is 1. The summed E-state index contributed by atoms with van der Waals surface area (Å²) in [6.07, 6.45) is -2.34. The van der Waals surface area contributed by atoms with E-state index in [1.54, 1.807) is 34.6 Å². The highest BCUT2D eigenvalue weighted by Gasteiger charge is 2.93. The van der Waals surface area contributed by atoms with Crippen LogP contribution in [0.4, 0.5) is 0 Å². The summed E-state index contributed by atoms with van der Waals surface area (Å²) in [5, 5.41) is 12.2. The number of ether oxygens (including phenoxy) is 5. The summed E-state index contributed by atoms with van der Waals surface area (Å²) in [6, 6.07) is 0. The van der Waals surface area contributed by atoms with Crippen molar-refractivity contribution in [1.82, 2.24) is 0 Å². The average molecular weight is 533 g/mol. The molecule has 10 heteroatoms. The predicted molar refractivity (Wildman–Crippen MR) is 130 cm³/mol. The number of hydrogen-bond donors (Lipinski definition) is 1. The van der Waals surface area contributed by atoms with Crippen molar-refractivity contribution in [2.45, 2.75) is 102 Å². The van der Waals surface area contributed by atoms with Crippen LogP contribution < -0.4 is 0 Å². The molecule has 0 amide bonds. The zero-order valence-electron chi connectivity index (χ0n) is 23.0. The molecule has 5 rings (SSSR count). The molecule has 1 aliphatic carbocycles. The molecule has 3 spiro atoms. The average Bonchev–Trinajstić information content (AvgIpc) is 3.14. The maximum absolute atomic E-state index is 14.1. The molecule has 4 aliphatic heterocycles. The molecule has 2 bridgehead atoms. The van der Waals surface area contributed by atoms with Gasteiger partial charge in [-0.2, -0.15) is 0 Å². The Bertz CT molecular complexity index is 1220. The number of carbonyl (C=O) groups is 4. The lowest BCUT2D eigenvalue weighted by atomic mass is 9.40. The van der Waals surface area contributed by atoms with Gasteiger partial charge < -0.3 is 28.8 Å². The predicted octanol–water partition coefficient (Wildman–Crippen LogP) is 2.31. The van der Waals surface area contributed by atoms with Gasteiger partial charge in [0.05, 0.1) is 6.10 Å². The second kappa shape index (κ2) is 7.27. The number of aliphatic hydroxyl groups excluding tert-OH is 1. The van der Waals surface area contributed by atoms with E-state index in [9.17, 15) is 24.3 Å². The quantitative estimate of drug-likeness (QED) is 0.321. The first-order valence-corrected chi connectivity index (χ1v) is 12.9. The van der Waals surface area contributed by atoms with Crippen molar-refractivity contribution in [1.29, 1.82) is 0 Å². The summed E-state index contributed by atoms with van der Waals surface area (Å²) in [7, 11) is 0. The van der Waals surface area contributed by atoms with E-state index < -0.39 is 81.3 Å². The summed E-state index contributed by atoms with van der Waals surface area (Å²) < 4.78 is 30.2. The molecule has 1 unspecified atom stereocenters. The van der Waals surface area contributed by atoms with E-state index in [-0.39, 0.29) is 19.3 Å². The van der Waals surface area contributed by atoms with Crippen LogP contribution in [0.5, 0.6) is 0 Å². The van der Waals surface area contributed by atoms with Crippen LogP contribution in [0.3, 0.4) is 0 Å². The van der Waals surface area contributed by atoms with Crippen LogP contribution in [0, 0.1) is 16.2 Å². The lowest BCUT2D eigenvalue weighted by Gasteiger charge is -2.66. The van der Waals surface area contributed by atoms with Gasteiger partial charge in [-0.25, -0.2) is 4.79 Å². The first-order valence-electron chi connectivity index (χ1n) is 12.9. The summed E-state index contributed by atoms with van der Waals surface area (Å²) in [4.78, 5) is 52.7. The fourth-order valence-corrected chi connectivity index (χ4v) is 8.19. The molecule has 208 valence electrons. The Morgan fingerprint density at radius 2 is 1.68 bits per heavy atom. The summed E-state index contributed by atoms with van der Waals surface area (Å²) in [5.74, 6) is -2.72. The van der Waals surface area contributed by atoms with Crippen molar-refractivity contribution >= 4 is 23.9 Å². The highest BCUT2D eigenvalue weighted by atomic mass is 16.7. The molecule has 5 fully saturated rings. The van der Waals surface area contributed by atoms with Crippen LogP contribution in [0.25, 0.3) is 0 Å². The molecule has 38 heavy (non-hydrogen) atoms. The van der Waals surface area contributed by atoms with Gasteiger partial charge in [-0.3, -0.25) is 14.4 Å². The van der Waals surface area contributed by atoms with Gasteiger partial charge in [0.1, 0.15) is 23.2 Å². The molecule has 0 aromatic carbocycles. The summed E-state index contributed by atoms with van der Waals surface area (Å²) >= 11 is 0. The van der Waals surface area contributed by atoms with Crippen molar-refractivity contribution < 1.29 is 48.0 Å². The van der Waals surface area contributed by atoms with E-state index in [0.717, 1.165) is 0 Å². The zero-order chi connectivity index (χ0) is 28.5. The zero-order valence-corrected chi connectivity index (χ0v) is 23.0. The van der Waals surface area contributed by atoms with Gasteiger partial charge >= 0.3 is 23.9 Å². The third-order valence-electron chi connectivity index (χ3n) is 10.9. The fourth-order valence-electron chi connectivity index (χ4n) is 8.19. The highest BCUT2D eigenvalue weighted by molar-refractivity contribution is 5.97. The topological polar surface area (TPSA) is 135 Å². The molecule has 10 nitrogen and oxygen atoms in total. The molecule has 0 aromatic rings. The van der Waals surface area contributed by atoms with Gasteiger partial charge in [0.15, 0.2) is 11.7 Å². The van der Waals surface area contributed by atoms with Crippen molar-refractivity contribution in [2.75, 3.05) is 6.61 Å². The maximum Gasteiger partial charge on any atom is 0.344 e. The van der Waals surface area contributed by atoms with Gasteiger partial charge in [-0.1, -0.05) is 20.1 Å². The Balaban J connectivity index is 1.92. The Labute approximate surface area is 221 Å². The fraction of sp³-hybridized carbons (Fsp3) is 0.714. The Morgan fingerprint density at radius 3 is 2.24 bits per heavy atom. The van der Waals surface area contributed by atoms with Gasteiger partial charge in [-0.15, -0.1) is 0 Å². The van der Waals surface area contributed by atoms with E-state index in [1.165, 1.54) is 13.8 Å². The first kappa shape index (κ1) is 26.9. The van der Waals surface area contributed by atoms with Crippen LogP contribution in [0.2, 0.25) is 0 Å². The lowest BCUT2D eigenvalue weighted by molar-refractivity contribution is -0.256. The maximum atomic E-state index is 14.1. The molecule has 1 saturated carbocycles. The molecule has 4 heterocycles. The molecule has 4 saturated heterocycles. The number of rotatable bonds is 2. The van der Waals surface area contributed by atoms with E-state index in [0.29, 0.717) is 11.1 Å². The van der Waals surface area contributed by atoms with E-state index in [2.05, 4.69) is 13.2 Å². The monoisotopic (exact) mass is 532 g/mol. The van der Waals surface area contributed by atoms with Crippen LogP contribution in [-0.2, 0) is 42.9 Å². The minimum Gasteiger partial charge on any atom is -0.461 e. The summed E-state index contributed by atoms with van der Waals surface area (Å²) in [5.41, 5.74) is -10.3. The second-order valence-electron chi connectivity index (χ2n) is 12.6. The second-order valence-corrected chi connectivity index (χ2v) is 12.6. The lowest BCUT2D eigenvalue weighted by Crippen LogP contribution is -2.76. The van der Waals surface area contributed by atoms with Crippen molar-refractivity contribution in [3.05, 3.63) is 24.3 Å². The standard InChI is InChI=1S/C28H36O10/c1-14(2)23(7)19(35-16(4)29)28-15(3)26(11-10-18(31)36-22(26,5)6)12-17(30)24(28,8)25(9)20(32)34-13-27(25,38-28)21(33)37-23/h17,19,30H,1,3,10-13H2,2,4-9H3/t17-,19-,23+,24-,25+,26+,27-,28?/m0/s1. The van der Waals surface area contributed by atoms with Crippen LogP contribution in [0.15, 0.2) is 24.3 Å². The third-order valence-corrected chi connectivity index (χ3v) is 10.9. The number of cyclic esters (lactones) is 3. The van der Waals surface area contributed by atoms with E-state index in [4.69, 9.17) is 23.7 Å². The molecular formula is C28H36O10. The SMILES string of the molecule is C=C1C23O[C@@]4(COC(=O)[C@]4(C)[C@]2(C)[C@@H](O)C[C@]12CCC(=O)OC2(C)C)C(=O)O[C@](C)(C(=C)C)[C@@H]3OC(C)=O. The number of fused-ring (bicyclic) bond motifs is 1. The van der Waals surface area contributed by atoms with Crippen LogP contribution in [0.1, 0.15) is 67.7 Å². The van der Waals surface area contributed by atoms with Crippen molar-refractivity contribution in [2.24, 2.45) is 16.2 Å². The van der Waals surface area contributed by atoms with Crippen LogP contribution >= 0.6 is 0 Å². The smallest absolute Gasteiger partial charge is 0.344 e. The first-order chi connectivity index (χ1) is 17.3. The molecule has 1 N–H and O–H groups in total. The molecule has 0 radical (unpaired) electrons. The number of esters is 4. The van der Waals surface area contributed by atoms with Gasteiger partial charge in [0.2, 0.25) is 5.60 Å². The molecule has 0 aromatic heterocycles. The van der Waals surface area contributed by atoms with E-state index >= 15 is 0 Å². The number of hydrogen-bond acceptors (Lipinski definition) is 10. The minimum absolute atomic E-state index is 0.0534. The Kier molecular flexibility index (Phi) is 5.14. The van der Waals surface area contributed by atoms with E-state index in [1.807, 2.05) is 0 Å². The summed E-state index contributed by atoms with van der Waals surface area (Å²) in [6.45, 7) is 19.2. The highest BCUT2D eigenvalue weighted by Crippen LogP contribution is 2.78. The normalized spacial score (nSPS) is 48.8. The molecular weight excluding hydrogens is 496 g/mol. The van der Waals surface area contributed by atoms with Crippen LogP contribution in [-0.4, -0.2) is 70.2 Å². The third kappa shape index (κ3) is 2.48. The molecule has 8 atom stereocenters. The van der Waals surface area contributed by atoms with Gasteiger partial charge in [0, 0.05) is 24.2 Å². The van der Waals surface area contributed by atoms with Gasteiger partial charge in [0.25, 0.3) is 0 Å². The molecule has 5 aliphatic rings. The Morgan fingerprint density at radius 1 is 1.05 bits per heavy atom. The van der Waals surface area contributed by atoms with Crippen molar-refractivity contribution in [3.63, 3.8) is 0 Å². The minimum atomic E-state index is -1.98. The largest absolute Gasteiger partial charge is 0.461 e. The van der Waals surface area contributed by atoms with Gasteiger partial charge in [-0.05, 0) is 58.6 Å². The van der Waals surface area contributed by atoms with Crippen molar-refractivity contribution in [3.8, 4) is 0 Å².